The number of ether oxygens (including phenoxy) is 1. The molecule has 3 atom stereocenters. The van der Waals surface area contributed by atoms with Gasteiger partial charge in [0.25, 0.3) is 0 Å². The van der Waals surface area contributed by atoms with Crippen molar-refractivity contribution in [1.82, 2.24) is 4.57 Å². The predicted octanol–water partition coefficient (Wildman–Crippen LogP) is 2.05. The molecule has 1 unspecified atom stereocenters. The summed E-state index contributed by atoms with van der Waals surface area (Å²) in [6.45, 7) is 13.8. The molecule has 3 heterocycles. The van der Waals surface area contributed by atoms with Crippen molar-refractivity contribution < 1.29 is 14.5 Å². The van der Waals surface area contributed by atoms with Gasteiger partial charge in [0.2, 0.25) is 0 Å². The number of piperidine rings is 1. The molecule has 2 saturated heterocycles. The van der Waals surface area contributed by atoms with Crippen molar-refractivity contribution >= 4 is 21.8 Å². The van der Waals surface area contributed by atoms with Crippen LogP contribution in [0.25, 0.3) is 21.8 Å². The van der Waals surface area contributed by atoms with E-state index in [1.165, 1.54) is 66.4 Å². The Morgan fingerprint density at radius 1 is 0.933 bits per heavy atom. The monoisotopic (exact) mass is 407 g/mol. The Labute approximate surface area is 180 Å². The molecule has 0 radical (unpaired) electrons. The average molecular weight is 408 g/mol. The van der Waals surface area contributed by atoms with Crippen LogP contribution in [0.3, 0.4) is 0 Å². The van der Waals surface area contributed by atoms with Gasteiger partial charge in [0, 0.05) is 46.8 Å². The predicted molar refractivity (Wildman–Crippen MR) is 123 cm³/mol. The number of aryl methyl sites for hydroxylation is 1. The molecule has 0 bridgehead atoms. The van der Waals surface area contributed by atoms with E-state index < -0.39 is 0 Å². The van der Waals surface area contributed by atoms with E-state index in [9.17, 15) is 0 Å². The fourth-order valence-electron chi connectivity index (χ4n) is 6.10. The molecule has 0 spiro atoms. The number of nitrogens with one attached hydrogen (secondary N) is 2. The molecule has 4 heteroatoms. The number of nitrogens with zero attached hydrogens (tertiary/aromatic N) is 1. The van der Waals surface area contributed by atoms with Gasteiger partial charge in [-0.25, -0.2) is 0 Å². The molecule has 0 saturated carbocycles. The minimum atomic E-state index is 0.408. The van der Waals surface area contributed by atoms with Crippen LogP contribution in [0.15, 0.2) is 42.5 Å². The van der Waals surface area contributed by atoms with Crippen LogP contribution in [0, 0.1) is 0 Å². The Hall–Kier alpha value is -1.88. The Morgan fingerprint density at radius 2 is 1.63 bits per heavy atom. The third-order valence-electron chi connectivity index (χ3n) is 7.44. The highest BCUT2D eigenvalue weighted by molar-refractivity contribution is 6.08. The second kappa shape index (κ2) is 8.33. The molecule has 0 aliphatic carbocycles. The highest BCUT2D eigenvalue weighted by Crippen LogP contribution is 2.29. The smallest absolute Gasteiger partial charge is 0.104 e. The van der Waals surface area contributed by atoms with Crippen molar-refractivity contribution in [2.45, 2.75) is 65.0 Å². The van der Waals surface area contributed by atoms with E-state index in [0.717, 1.165) is 19.1 Å². The summed E-state index contributed by atoms with van der Waals surface area (Å²) in [7, 11) is 0. The Bertz CT molecular complexity index is 1010. The van der Waals surface area contributed by atoms with Crippen molar-refractivity contribution in [2.24, 2.45) is 0 Å². The van der Waals surface area contributed by atoms with Crippen LogP contribution in [0.4, 0.5) is 0 Å². The lowest BCUT2D eigenvalue weighted by atomic mass is 10.0. The number of rotatable bonds is 4. The highest BCUT2D eigenvalue weighted by Gasteiger charge is 2.35. The van der Waals surface area contributed by atoms with Gasteiger partial charge in [0.05, 0.1) is 19.1 Å². The summed E-state index contributed by atoms with van der Waals surface area (Å²) in [4.78, 5) is 3.53. The van der Waals surface area contributed by atoms with Gasteiger partial charge in [0.15, 0.2) is 0 Å². The van der Waals surface area contributed by atoms with E-state index >= 15 is 0 Å². The molecule has 4 nitrogen and oxygen atoms in total. The summed E-state index contributed by atoms with van der Waals surface area (Å²) in [5.74, 6) is 0. The van der Waals surface area contributed by atoms with Gasteiger partial charge in [-0.1, -0.05) is 24.3 Å². The largest absolute Gasteiger partial charge is 0.364 e. The standard InChI is InChI=1S/C26H35N3O/c1-4-29-25-8-6-5-7-23(25)24-15-21(9-10-26(24)29)18-27-13-11-22(12-14-27)28-16-19(2)30-20(3)17-28/h5-10,15,19-20,22H,4,11-14,16-18H2,1-3H3/p+2/t19-,20+. The summed E-state index contributed by atoms with van der Waals surface area (Å²) in [5, 5.41) is 2.81. The van der Waals surface area contributed by atoms with Crippen LogP contribution < -0.4 is 9.80 Å². The van der Waals surface area contributed by atoms with Crippen molar-refractivity contribution in [3.63, 3.8) is 0 Å². The van der Waals surface area contributed by atoms with E-state index in [1.54, 1.807) is 9.80 Å². The molecule has 2 fully saturated rings. The van der Waals surface area contributed by atoms with Crippen molar-refractivity contribution in [1.29, 1.82) is 0 Å². The number of benzene rings is 2. The molecule has 1 aromatic heterocycles. The van der Waals surface area contributed by atoms with Crippen LogP contribution in [0.2, 0.25) is 0 Å². The van der Waals surface area contributed by atoms with Crippen molar-refractivity contribution in [2.75, 3.05) is 26.2 Å². The highest BCUT2D eigenvalue weighted by atomic mass is 16.5. The molecule has 30 heavy (non-hydrogen) atoms. The number of hydrogen-bond donors (Lipinski definition) is 2. The summed E-state index contributed by atoms with van der Waals surface area (Å²) < 4.78 is 8.40. The van der Waals surface area contributed by atoms with Crippen LogP contribution >= 0.6 is 0 Å². The number of aromatic nitrogens is 1. The van der Waals surface area contributed by atoms with Gasteiger partial charge in [-0.3, -0.25) is 0 Å². The summed E-state index contributed by atoms with van der Waals surface area (Å²) in [6.07, 6.45) is 3.51. The quantitative estimate of drug-likeness (QED) is 0.679. The first kappa shape index (κ1) is 20.0. The zero-order chi connectivity index (χ0) is 20.7. The first-order valence-electron chi connectivity index (χ1n) is 12.0. The van der Waals surface area contributed by atoms with Crippen molar-refractivity contribution in [3.8, 4) is 0 Å². The first-order valence-corrected chi connectivity index (χ1v) is 12.0. The van der Waals surface area contributed by atoms with E-state index in [4.69, 9.17) is 4.74 Å². The second-order valence-electron chi connectivity index (χ2n) is 9.64. The van der Waals surface area contributed by atoms with Crippen molar-refractivity contribution in [3.05, 3.63) is 48.0 Å². The molecule has 160 valence electrons. The number of hydrogen-bond acceptors (Lipinski definition) is 1. The lowest BCUT2D eigenvalue weighted by Gasteiger charge is -2.39. The van der Waals surface area contributed by atoms with E-state index in [-0.39, 0.29) is 0 Å². The second-order valence-corrected chi connectivity index (χ2v) is 9.64. The first-order chi connectivity index (χ1) is 14.6. The fraction of sp³-hybridized carbons (Fsp3) is 0.538. The minimum Gasteiger partial charge on any atom is -0.364 e. The Morgan fingerprint density at radius 3 is 2.37 bits per heavy atom. The maximum atomic E-state index is 5.96. The average Bonchev–Trinajstić information content (AvgIpc) is 3.07. The van der Waals surface area contributed by atoms with Gasteiger partial charge in [-0.2, -0.15) is 0 Å². The zero-order valence-electron chi connectivity index (χ0n) is 18.8. The lowest BCUT2D eigenvalue weighted by Crippen LogP contribution is -3.22. The van der Waals surface area contributed by atoms with E-state index in [0.29, 0.717) is 12.2 Å². The number of fused-ring (bicyclic) bond motifs is 3. The zero-order valence-corrected chi connectivity index (χ0v) is 18.8. The molecule has 2 aliphatic heterocycles. The van der Waals surface area contributed by atoms with Gasteiger partial charge in [-0.05, 0) is 39.0 Å². The van der Waals surface area contributed by atoms with E-state index in [1.807, 2.05) is 0 Å². The molecule has 5 rings (SSSR count). The van der Waals surface area contributed by atoms with Gasteiger partial charge >= 0.3 is 0 Å². The number of morpholine rings is 1. The number of para-hydroxylation sites is 1. The normalized spacial score (nSPS) is 30.2. The van der Waals surface area contributed by atoms with Crippen LogP contribution in [0.5, 0.6) is 0 Å². The topological polar surface area (TPSA) is 23.0 Å². The molecule has 0 amide bonds. The minimum absolute atomic E-state index is 0.408. The Kier molecular flexibility index (Phi) is 5.57. The maximum absolute atomic E-state index is 5.96. The number of likely N-dealkylation sites (tertiary alicyclic amines) is 1. The molecule has 3 aromatic rings. The van der Waals surface area contributed by atoms with E-state index in [2.05, 4.69) is 67.8 Å². The summed E-state index contributed by atoms with van der Waals surface area (Å²) >= 11 is 0. The SMILES string of the molecule is CCn1c2ccccc2c2cc(C[NH+]3CCC([NH+]4C[C@@H](C)O[C@@H](C)C4)CC3)ccc21. The fourth-order valence-corrected chi connectivity index (χ4v) is 6.10. The maximum Gasteiger partial charge on any atom is 0.104 e. The molecular formula is C26H37N3O+2. The van der Waals surface area contributed by atoms with Crippen LogP contribution in [-0.2, 0) is 17.8 Å². The van der Waals surface area contributed by atoms with Gasteiger partial charge in [-0.15, -0.1) is 0 Å². The lowest BCUT2D eigenvalue weighted by molar-refractivity contribution is -0.970. The third-order valence-corrected chi connectivity index (χ3v) is 7.44. The molecule has 2 aliphatic rings. The third kappa shape index (κ3) is 3.77. The summed E-state index contributed by atoms with van der Waals surface area (Å²) in [5.41, 5.74) is 4.21. The van der Waals surface area contributed by atoms with Crippen LogP contribution in [0.1, 0.15) is 39.2 Å². The molecule has 2 aromatic carbocycles. The molecular weight excluding hydrogens is 370 g/mol. The Balaban J connectivity index is 1.28. The molecule has 2 N–H and O–H groups in total. The summed E-state index contributed by atoms with van der Waals surface area (Å²) in [6, 6.07) is 16.8. The number of quaternary nitrogens is 2. The van der Waals surface area contributed by atoms with Gasteiger partial charge < -0.3 is 19.1 Å². The van der Waals surface area contributed by atoms with Crippen LogP contribution in [-0.4, -0.2) is 49.0 Å². The van der Waals surface area contributed by atoms with Gasteiger partial charge in [0.1, 0.15) is 31.8 Å².